The van der Waals surface area contributed by atoms with Crippen LogP contribution in [0.5, 0.6) is 0 Å². The maximum atomic E-state index is 6.61. The molecular weight excluding hydrogens is 258 g/mol. The highest BCUT2D eigenvalue weighted by atomic mass is 35.5. The zero-order valence-corrected chi connectivity index (χ0v) is 13.1. The number of hydrogen-bond donors (Lipinski definition) is 0. The highest BCUT2D eigenvalue weighted by molar-refractivity contribution is 6.21. The van der Waals surface area contributed by atoms with Gasteiger partial charge in [-0.3, -0.25) is 4.90 Å². The first-order valence-corrected chi connectivity index (χ1v) is 7.48. The van der Waals surface area contributed by atoms with Crippen LogP contribution in [0.25, 0.3) is 0 Å². The second kappa shape index (κ2) is 6.25. The summed E-state index contributed by atoms with van der Waals surface area (Å²) in [6.07, 6.45) is 0.596. The van der Waals surface area contributed by atoms with Gasteiger partial charge in [0.2, 0.25) is 0 Å². The maximum Gasteiger partial charge on any atom is 0.0714 e. The Morgan fingerprint density at radius 1 is 1.26 bits per heavy atom. The molecule has 0 aromatic heterocycles. The lowest BCUT2D eigenvalue weighted by Gasteiger charge is -2.36. The average molecular weight is 282 g/mol. The van der Waals surface area contributed by atoms with E-state index in [1.54, 1.807) is 0 Å². The molecule has 0 bridgehead atoms. The van der Waals surface area contributed by atoms with E-state index < -0.39 is 0 Å². The van der Waals surface area contributed by atoms with Crippen LogP contribution in [-0.2, 0) is 4.74 Å². The lowest BCUT2D eigenvalue weighted by atomic mass is 10.0. The van der Waals surface area contributed by atoms with E-state index in [-0.39, 0.29) is 5.38 Å². The lowest BCUT2D eigenvalue weighted by Crippen LogP contribution is -2.46. The molecule has 0 N–H and O–H groups in total. The minimum absolute atomic E-state index is 0.0538. The molecule has 0 amide bonds. The van der Waals surface area contributed by atoms with E-state index in [1.165, 1.54) is 16.7 Å². The number of hydrogen-bond acceptors (Lipinski definition) is 2. The van der Waals surface area contributed by atoms with Crippen molar-refractivity contribution >= 4 is 11.6 Å². The van der Waals surface area contributed by atoms with Gasteiger partial charge in [-0.1, -0.05) is 23.8 Å². The summed E-state index contributed by atoms with van der Waals surface area (Å²) in [7, 11) is 0. The number of halogens is 1. The molecule has 3 heteroatoms. The Kier molecular flexibility index (Phi) is 4.88. The van der Waals surface area contributed by atoms with E-state index in [9.17, 15) is 0 Å². The van der Waals surface area contributed by atoms with Gasteiger partial charge in [0, 0.05) is 19.6 Å². The van der Waals surface area contributed by atoms with Gasteiger partial charge in [-0.15, -0.1) is 11.6 Å². The number of rotatable bonds is 3. The standard InChI is InChI=1S/C16H24ClNO/c1-11-5-6-15(12(2)7-11)16(17)10-18-8-13(3)19-14(4)9-18/h5-7,13-14,16H,8-10H2,1-4H3. The van der Waals surface area contributed by atoms with Gasteiger partial charge in [-0.2, -0.15) is 0 Å². The molecule has 0 spiro atoms. The van der Waals surface area contributed by atoms with Gasteiger partial charge < -0.3 is 4.74 Å². The van der Waals surface area contributed by atoms with Gasteiger partial charge >= 0.3 is 0 Å². The molecule has 1 aromatic rings. The number of aryl methyl sites for hydroxylation is 2. The highest BCUT2D eigenvalue weighted by Crippen LogP contribution is 2.26. The zero-order chi connectivity index (χ0) is 14.0. The number of nitrogens with zero attached hydrogens (tertiary/aromatic N) is 1. The van der Waals surface area contributed by atoms with Crippen LogP contribution in [0.3, 0.4) is 0 Å². The molecule has 1 heterocycles. The molecule has 0 saturated carbocycles. The Labute approximate surface area is 121 Å². The molecule has 0 aliphatic carbocycles. The van der Waals surface area contributed by atoms with Crippen LogP contribution in [-0.4, -0.2) is 36.7 Å². The van der Waals surface area contributed by atoms with Gasteiger partial charge in [0.05, 0.1) is 17.6 Å². The molecule has 19 heavy (non-hydrogen) atoms. The molecule has 106 valence electrons. The summed E-state index contributed by atoms with van der Waals surface area (Å²) in [5.74, 6) is 0. The molecule has 1 aliphatic heterocycles. The molecule has 3 atom stereocenters. The predicted octanol–water partition coefficient (Wildman–Crippen LogP) is 3.69. The molecule has 1 saturated heterocycles. The van der Waals surface area contributed by atoms with E-state index in [0.717, 1.165) is 19.6 Å². The van der Waals surface area contributed by atoms with Crippen molar-refractivity contribution in [2.45, 2.75) is 45.3 Å². The van der Waals surface area contributed by atoms with Gasteiger partial charge in [0.1, 0.15) is 0 Å². The predicted molar refractivity (Wildman–Crippen MR) is 81.0 cm³/mol. The Hall–Kier alpha value is -0.570. The smallest absolute Gasteiger partial charge is 0.0714 e. The fourth-order valence-corrected chi connectivity index (χ4v) is 3.38. The fourth-order valence-electron chi connectivity index (χ4n) is 2.94. The molecule has 1 aliphatic rings. The minimum Gasteiger partial charge on any atom is -0.373 e. The summed E-state index contributed by atoms with van der Waals surface area (Å²) in [5.41, 5.74) is 3.83. The fraction of sp³-hybridized carbons (Fsp3) is 0.625. The number of morpholine rings is 1. The topological polar surface area (TPSA) is 12.5 Å². The molecule has 0 radical (unpaired) electrons. The first-order chi connectivity index (χ1) is 8.95. The third kappa shape index (κ3) is 3.95. The van der Waals surface area contributed by atoms with E-state index in [1.807, 2.05) is 0 Å². The van der Waals surface area contributed by atoms with Gasteiger partial charge in [0.25, 0.3) is 0 Å². The zero-order valence-electron chi connectivity index (χ0n) is 12.3. The van der Waals surface area contributed by atoms with Crippen LogP contribution in [0.2, 0.25) is 0 Å². The van der Waals surface area contributed by atoms with Crippen LogP contribution in [0, 0.1) is 13.8 Å². The average Bonchev–Trinajstić information content (AvgIpc) is 2.26. The third-order valence-corrected chi connectivity index (χ3v) is 4.05. The van der Waals surface area contributed by atoms with Crippen molar-refractivity contribution in [2.75, 3.05) is 19.6 Å². The first-order valence-electron chi connectivity index (χ1n) is 7.04. The largest absolute Gasteiger partial charge is 0.373 e. The van der Waals surface area contributed by atoms with Crippen LogP contribution >= 0.6 is 11.6 Å². The molecule has 2 rings (SSSR count). The van der Waals surface area contributed by atoms with Crippen molar-refractivity contribution in [1.29, 1.82) is 0 Å². The van der Waals surface area contributed by atoms with Crippen LogP contribution in [0.15, 0.2) is 18.2 Å². The normalized spacial score (nSPS) is 26.4. The van der Waals surface area contributed by atoms with E-state index >= 15 is 0 Å². The Bertz CT molecular complexity index is 425. The van der Waals surface area contributed by atoms with E-state index in [0.29, 0.717) is 12.2 Å². The summed E-state index contributed by atoms with van der Waals surface area (Å²) < 4.78 is 5.76. The van der Waals surface area contributed by atoms with E-state index in [4.69, 9.17) is 16.3 Å². The summed E-state index contributed by atoms with van der Waals surface area (Å²) in [6.45, 7) is 11.3. The van der Waals surface area contributed by atoms with Crippen molar-refractivity contribution in [3.63, 3.8) is 0 Å². The summed E-state index contributed by atoms with van der Waals surface area (Å²) >= 11 is 6.61. The molecule has 3 unspecified atom stereocenters. The quantitative estimate of drug-likeness (QED) is 0.784. The highest BCUT2D eigenvalue weighted by Gasteiger charge is 2.24. The summed E-state index contributed by atoms with van der Waals surface area (Å²) in [5, 5.41) is 0.0538. The molecule has 2 nitrogen and oxygen atoms in total. The second-order valence-electron chi connectivity index (χ2n) is 5.80. The summed E-state index contributed by atoms with van der Waals surface area (Å²) in [6, 6.07) is 6.51. The Morgan fingerprint density at radius 2 is 1.89 bits per heavy atom. The van der Waals surface area contributed by atoms with Crippen LogP contribution < -0.4 is 0 Å². The third-order valence-electron chi connectivity index (χ3n) is 3.68. The maximum absolute atomic E-state index is 6.61. The van der Waals surface area contributed by atoms with Crippen molar-refractivity contribution in [1.82, 2.24) is 4.90 Å². The minimum atomic E-state index is 0.0538. The molecule has 1 fully saturated rings. The Morgan fingerprint density at radius 3 is 2.47 bits per heavy atom. The Balaban J connectivity index is 2.02. The molecular formula is C16H24ClNO. The van der Waals surface area contributed by atoms with Crippen molar-refractivity contribution in [3.8, 4) is 0 Å². The monoisotopic (exact) mass is 281 g/mol. The van der Waals surface area contributed by atoms with Gasteiger partial charge in [-0.25, -0.2) is 0 Å². The van der Waals surface area contributed by atoms with Crippen molar-refractivity contribution in [2.24, 2.45) is 0 Å². The SMILES string of the molecule is Cc1ccc(C(Cl)CN2CC(C)OC(C)C2)c(C)c1. The van der Waals surface area contributed by atoms with Crippen LogP contribution in [0.4, 0.5) is 0 Å². The van der Waals surface area contributed by atoms with Crippen molar-refractivity contribution in [3.05, 3.63) is 34.9 Å². The first kappa shape index (κ1) is 14.8. The van der Waals surface area contributed by atoms with E-state index in [2.05, 4.69) is 50.8 Å². The summed E-state index contributed by atoms with van der Waals surface area (Å²) in [4.78, 5) is 2.41. The lowest BCUT2D eigenvalue weighted by molar-refractivity contribution is -0.0678. The second-order valence-corrected chi connectivity index (χ2v) is 6.33. The number of alkyl halides is 1. The molecule has 1 aromatic carbocycles. The van der Waals surface area contributed by atoms with Crippen LogP contribution in [0.1, 0.15) is 35.9 Å². The van der Waals surface area contributed by atoms with Gasteiger partial charge in [-0.05, 0) is 38.8 Å². The number of ether oxygens (including phenoxy) is 1. The van der Waals surface area contributed by atoms with Gasteiger partial charge in [0.15, 0.2) is 0 Å². The number of benzene rings is 1. The van der Waals surface area contributed by atoms with Crippen molar-refractivity contribution < 1.29 is 4.74 Å².